The zero-order chi connectivity index (χ0) is 15.3. The molecule has 0 radical (unpaired) electrons. The van der Waals surface area contributed by atoms with Crippen molar-refractivity contribution in [3.05, 3.63) is 35.4 Å². The lowest BCUT2D eigenvalue weighted by atomic mass is 10.1. The summed E-state index contributed by atoms with van der Waals surface area (Å²) < 4.78 is 51.5. The van der Waals surface area contributed by atoms with Crippen molar-refractivity contribution in [3.8, 4) is 0 Å². The van der Waals surface area contributed by atoms with Gasteiger partial charge < -0.3 is 5.11 Å². The molecule has 0 saturated heterocycles. The van der Waals surface area contributed by atoms with Gasteiger partial charge in [0.2, 0.25) is 10.0 Å². The number of hydrogen-bond acceptors (Lipinski definition) is 3. The highest BCUT2D eigenvalue weighted by atomic mass is 32.2. The second-order valence-electron chi connectivity index (χ2n) is 4.33. The number of aliphatic carboxylic acids is 1. The first kappa shape index (κ1) is 16.5. The highest BCUT2D eigenvalue weighted by Gasteiger charge is 2.17. The Hall–Kier alpha value is -1.54. The quantitative estimate of drug-likeness (QED) is 0.804. The van der Waals surface area contributed by atoms with E-state index in [0.717, 1.165) is 12.1 Å². The van der Waals surface area contributed by atoms with Crippen LogP contribution in [-0.4, -0.2) is 25.2 Å². The van der Waals surface area contributed by atoms with Gasteiger partial charge in [-0.2, -0.15) is 0 Å². The summed E-state index contributed by atoms with van der Waals surface area (Å²) in [6, 6.07) is 2.38. The third-order valence-electron chi connectivity index (χ3n) is 2.60. The molecule has 0 aliphatic rings. The van der Waals surface area contributed by atoms with Crippen molar-refractivity contribution < 1.29 is 27.1 Å². The first-order chi connectivity index (χ1) is 9.21. The van der Waals surface area contributed by atoms with Gasteiger partial charge >= 0.3 is 5.97 Å². The zero-order valence-corrected chi connectivity index (χ0v) is 11.6. The fraction of sp³-hybridized carbons (Fsp3) is 0.417. The number of benzene rings is 1. The molecule has 20 heavy (non-hydrogen) atoms. The maximum absolute atomic E-state index is 13.0. The van der Waals surface area contributed by atoms with Crippen LogP contribution in [0, 0.1) is 11.6 Å². The number of rotatable bonds is 7. The Morgan fingerprint density at radius 1 is 1.35 bits per heavy atom. The van der Waals surface area contributed by atoms with Gasteiger partial charge in [0.1, 0.15) is 0 Å². The summed E-state index contributed by atoms with van der Waals surface area (Å²) in [4.78, 5) is 10.3. The van der Waals surface area contributed by atoms with Gasteiger partial charge in [0.15, 0.2) is 11.6 Å². The Labute approximate surface area is 115 Å². The van der Waals surface area contributed by atoms with Crippen LogP contribution >= 0.6 is 0 Å². The average molecular weight is 307 g/mol. The van der Waals surface area contributed by atoms with Crippen LogP contribution in [0.3, 0.4) is 0 Å². The minimum atomic E-state index is -3.68. The number of carboxylic acid groups (broad SMARTS) is 1. The monoisotopic (exact) mass is 307 g/mol. The Morgan fingerprint density at radius 2 is 2.00 bits per heavy atom. The van der Waals surface area contributed by atoms with Gasteiger partial charge in [-0.25, -0.2) is 21.9 Å². The second-order valence-corrected chi connectivity index (χ2v) is 6.20. The first-order valence-electron chi connectivity index (χ1n) is 5.88. The number of nitrogens with one attached hydrogen (secondary N) is 1. The van der Waals surface area contributed by atoms with E-state index in [0.29, 0.717) is 0 Å². The van der Waals surface area contributed by atoms with E-state index in [9.17, 15) is 22.0 Å². The number of hydrogen-bond donors (Lipinski definition) is 2. The van der Waals surface area contributed by atoms with E-state index in [1.54, 1.807) is 0 Å². The minimum absolute atomic E-state index is 0.0187. The average Bonchev–Trinajstić information content (AvgIpc) is 2.31. The third-order valence-corrected chi connectivity index (χ3v) is 4.14. The maximum Gasteiger partial charge on any atom is 0.303 e. The minimum Gasteiger partial charge on any atom is -0.481 e. The van der Waals surface area contributed by atoms with E-state index in [-0.39, 0.29) is 24.2 Å². The van der Waals surface area contributed by atoms with Gasteiger partial charge in [-0.1, -0.05) is 6.07 Å². The Bertz CT molecular complexity index is 589. The summed E-state index contributed by atoms with van der Waals surface area (Å²) in [5.74, 6) is -3.48. The molecule has 0 heterocycles. The van der Waals surface area contributed by atoms with Gasteiger partial charge in [0.25, 0.3) is 0 Å². The van der Waals surface area contributed by atoms with E-state index >= 15 is 0 Å². The Morgan fingerprint density at radius 3 is 2.55 bits per heavy atom. The second kappa shape index (κ2) is 6.76. The molecule has 0 spiro atoms. The Kier molecular flexibility index (Phi) is 5.58. The molecule has 1 rings (SSSR count). The van der Waals surface area contributed by atoms with Crippen molar-refractivity contribution >= 4 is 16.0 Å². The molecule has 0 aliphatic heterocycles. The van der Waals surface area contributed by atoms with Crippen LogP contribution in [0.4, 0.5) is 8.78 Å². The van der Waals surface area contributed by atoms with Crippen LogP contribution in [0.5, 0.6) is 0 Å². The molecule has 0 aliphatic carbocycles. The summed E-state index contributed by atoms with van der Waals surface area (Å²) in [5.41, 5.74) is 0.283. The summed E-state index contributed by atoms with van der Waals surface area (Å²) in [6.07, 6.45) is -0.268. The zero-order valence-electron chi connectivity index (χ0n) is 10.8. The molecule has 0 amide bonds. The summed E-state index contributed by atoms with van der Waals surface area (Å²) in [6.45, 7) is 1.49. The topological polar surface area (TPSA) is 83.5 Å². The predicted molar refractivity (Wildman–Crippen MR) is 68.6 cm³/mol. The molecule has 1 unspecified atom stereocenters. The van der Waals surface area contributed by atoms with Crippen LogP contribution in [-0.2, 0) is 14.8 Å². The lowest BCUT2D eigenvalue weighted by Gasteiger charge is -2.14. The number of carboxylic acids is 1. The SMILES string of the molecule is CC(NS(=O)(=O)CCCC(=O)O)c1ccc(F)c(F)c1. The smallest absolute Gasteiger partial charge is 0.303 e. The predicted octanol–water partition coefficient (Wildman–Crippen LogP) is 1.81. The van der Waals surface area contributed by atoms with E-state index in [1.165, 1.54) is 13.0 Å². The van der Waals surface area contributed by atoms with Crippen molar-refractivity contribution in [3.63, 3.8) is 0 Å². The van der Waals surface area contributed by atoms with Gasteiger partial charge in [-0.3, -0.25) is 4.79 Å². The number of sulfonamides is 1. The Balaban J connectivity index is 2.66. The molecule has 0 fully saturated rings. The van der Waals surface area contributed by atoms with Crippen LogP contribution in [0.1, 0.15) is 31.4 Å². The molecule has 8 heteroatoms. The molecule has 5 nitrogen and oxygen atoms in total. The standard InChI is InChI=1S/C12H15F2NO4S/c1-8(9-4-5-10(13)11(14)7-9)15-20(18,19)6-2-3-12(16)17/h4-5,7-8,15H,2-3,6H2,1H3,(H,16,17). The van der Waals surface area contributed by atoms with Crippen LogP contribution in [0.15, 0.2) is 18.2 Å². The number of halogens is 2. The first-order valence-corrected chi connectivity index (χ1v) is 7.53. The molecule has 1 aromatic rings. The van der Waals surface area contributed by atoms with Crippen LogP contribution in [0.25, 0.3) is 0 Å². The van der Waals surface area contributed by atoms with Crippen molar-refractivity contribution in [2.24, 2.45) is 0 Å². The molecule has 0 aromatic heterocycles. The van der Waals surface area contributed by atoms with E-state index < -0.39 is 33.7 Å². The molecule has 0 bridgehead atoms. The van der Waals surface area contributed by atoms with Gasteiger partial charge in [0.05, 0.1) is 5.75 Å². The maximum atomic E-state index is 13.0. The summed E-state index contributed by atoms with van der Waals surface area (Å²) >= 11 is 0. The molecular weight excluding hydrogens is 292 g/mol. The van der Waals surface area contributed by atoms with Crippen molar-refractivity contribution in [2.75, 3.05) is 5.75 Å². The summed E-state index contributed by atoms with van der Waals surface area (Å²) in [7, 11) is -3.68. The molecule has 1 aromatic carbocycles. The summed E-state index contributed by atoms with van der Waals surface area (Å²) in [5, 5.41) is 8.43. The number of carbonyl (C=O) groups is 1. The lowest BCUT2D eigenvalue weighted by molar-refractivity contribution is -0.137. The van der Waals surface area contributed by atoms with Crippen molar-refractivity contribution in [2.45, 2.75) is 25.8 Å². The molecule has 2 N–H and O–H groups in total. The highest BCUT2D eigenvalue weighted by Crippen LogP contribution is 2.17. The largest absolute Gasteiger partial charge is 0.481 e. The third kappa shape index (κ3) is 5.22. The van der Waals surface area contributed by atoms with Crippen molar-refractivity contribution in [1.29, 1.82) is 0 Å². The van der Waals surface area contributed by atoms with Crippen molar-refractivity contribution in [1.82, 2.24) is 4.72 Å². The normalized spacial score (nSPS) is 13.2. The van der Waals surface area contributed by atoms with Crippen LogP contribution in [0.2, 0.25) is 0 Å². The van der Waals surface area contributed by atoms with Crippen LogP contribution < -0.4 is 4.72 Å². The fourth-order valence-corrected chi connectivity index (χ4v) is 2.91. The molecule has 1 atom stereocenters. The molecule has 0 saturated carbocycles. The van der Waals surface area contributed by atoms with E-state index in [2.05, 4.69) is 4.72 Å². The van der Waals surface area contributed by atoms with E-state index in [4.69, 9.17) is 5.11 Å². The van der Waals surface area contributed by atoms with Gasteiger partial charge in [-0.05, 0) is 31.0 Å². The molecular formula is C12H15F2NO4S. The fourth-order valence-electron chi connectivity index (χ4n) is 1.59. The van der Waals surface area contributed by atoms with E-state index in [1.807, 2.05) is 0 Å². The molecule has 112 valence electrons. The highest BCUT2D eigenvalue weighted by molar-refractivity contribution is 7.89. The van der Waals surface area contributed by atoms with Gasteiger partial charge in [-0.15, -0.1) is 0 Å². The van der Waals surface area contributed by atoms with Gasteiger partial charge in [0, 0.05) is 12.5 Å². The lowest BCUT2D eigenvalue weighted by Crippen LogP contribution is -2.29.